The first-order valence-electron chi connectivity index (χ1n) is 10.3. The maximum atomic E-state index is 9.86. The Bertz CT molecular complexity index is 780. The SMILES string of the molecule is CCc1nc(-c2cccc(OCC(O)CNC)c2)cc(N(C)C2CCOCC2)n1. The predicted octanol–water partition coefficient (Wildman–Crippen LogP) is 2.28. The summed E-state index contributed by atoms with van der Waals surface area (Å²) in [6.07, 6.45) is 2.24. The minimum atomic E-state index is -0.547. The first-order chi connectivity index (χ1) is 14.1. The lowest BCUT2D eigenvalue weighted by Crippen LogP contribution is -2.37. The van der Waals surface area contributed by atoms with Crippen LogP contribution in [0, 0.1) is 0 Å². The van der Waals surface area contributed by atoms with E-state index < -0.39 is 6.10 Å². The summed E-state index contributed by atoms with van der Waals surface area (Å²) in [7, 11) is 3.91. The van der Waals surface area contributed by atoms with Crippen molar-refractivity contribution in [3.05, 3.63) is 36.2 Å². The van der Waals surface area contributed by atoms with Crippen LogP contribution in [0.25, 0.3) is 11.3 Å². The van der Waals surface area contributed by atoms with Gasteiger partial charge in [0, 0.05) is 50.9 Å². The molecule has 3 rings (SSSR count). The topological polar surface area (TPSA) is 79.7 Å². The number of rotatable bonds is 9. The highest BCUT2D eigenvalue weighted by atomic mass is 16.5. The second-order valence-corrected chi connectivity index (χ2v) is 7.39. The van der Waals surface area contributed by atoms with E-state index in [1.807, 2.05) is 30.3 Å². The van der Waals surface area contributed by atoms with Gasteiger partial charge in [0.05, 0.1) is 5.69 Å². The molecule has 0 spiro atoms. The van der Waals surface area contributed by atoms with Crippen molar-refractivity contribution in [3.63, 3.8) is 0 Å². The number of hydrogen-bond donors (Lipinski definition) is 2. The highest BCUT2D eigenvalue weighted by Crippen LogP contribution is 2.27. The molecule has 1 aromatic heterocycles. The van der Waals surface area contributed by atoms with Gasteiger partial charge in [-0.2, -0.15) is 0 Å². The van der Waals surface area contributed by atoms with Crippen LogP contribution in [0.4, 0.5) is 5.82 Å². The highest BCUT2D eigenvalue weighted by molar-refractivity contribution is 5.64. The zero-order chi connectivity index (χ0) is 20.6. The summed E-state index contributed by atoms with van der Waals surface area (Å²) >= 11 is 0. The van der Waals surface area contributed by atoms with Crippen molar-refractivity contribution in [2.75, 3.05) is 45.4 Å². The predicted molar refractivity (Wildman–Crippen MR) is 115 cm³/mol. The van der Waals surface area contributed by atoms with Gasteiger partial charge in [-0.3, -0.25) is 0 Å². The minimum absolute atomic E-state index is 0.242. The molecule has 1 aliphatic heterocycles. The van der Waals surface area contributed by atoms with Crippen molar-refractivity contribution in [2.45, 2.75) is 38.3 Å². The molecule has 29 heavy (non-hydrogen) atoms. The molecule has 0 amide bonds. The smallest absolute Gasteiger partial charge is 0.132 e. The first-order valence-corrected chi connectivity index (χ1v) is 10.3. The van der Waals surface area contributed by atoms with Gasteiger partial charge in [-0.25, -0.2) is 9.97 Å². The summed E-state index contributed by atoms with van der Waals surface area (Å²) in [5, 5.41) is 12.8. The molecule has 1 aliphatic rings. The van der Waals surface area contributed by atoms with Crippen molar-refractivity contribution in [1.29, 1.82) is 0 Å². The van der Waals surface area contributed by atoms with Gasteiger partial charge in [-0.1, -0.05) is 19.1 Å². The molecule has 7 nitrogen and oxygen atoms in total. The van der Waals surface area contributed by atoms with Gasteiger partial charge in [-0.15, -0.1) is 0 Å². The van der Waals surface area contributed by atoms with Crippen molar-refractivity contribution in [2.24, 2.45) is 0 Å². The number of hydrogen-bond acceptors (Lipinski definition) is 7. The standard InChI is InChI=1S/C22H32N4O3/c1-4-21-24-20(13-22(25-21)26(3)17-8-10-28-11-9-17)16-6-5-7-19(12-16)29-15-18(27)14-23-2/h5-7,12-13,17-18,23,27H,4,8-11,14-15H2,1-3H3. The van der Waals surface area contributed by atoms with Crippen molar-refractivity contribution < 1.29 is 14.6 Å². The maximum absolute atomic E-state index is 9.86. The van der Waals surface area contributed by atoms with E-state index >= 15 is 0 Å². The lowest BCUT2D eigenvalue weighted by Gasteiger charge is -2.32. The molecular weight excluding hydrogens is 368 g/mol. The molecule has 0 saturated carbocycles. The molecule has 1 aromatic carbocycles. The number of aliphatic hydroxyl groups excluding tert-OH is 1. The second-order valence-electron chi connectivity index (χ2n) is 7.39. The van der Waals surface area contributed by atoms with Crippen LogP contribution in [0.3, 0.4) is 0 Å². The lowest BCUT2D eigenvalue weighted by atomic mass is 10.1. The summed E-state index contributed by atoms with van der Waals surface area (Å²) in [5.74, 6) is 2.48. The number of likely N-dealkylation sites (N-methyl/N-ethyl adjacent to an activating group) is 1. The molecule has 1 atom stereocenters. The van der Waals surface area contributed by atoms with E-state index in [1.54, 1.807) is 7.05 Å². The van der Waals surface area contributed by atoms with Gasteiger partial charge < -0.3 is 24.8 Å². The number of aryl methyl sites for hydroxylation is 1. The fourth-order valence-corrected chi connectivity index (χ4v) is 3.46. The van der Waals surface area contributed by atoms with Crippen LogP contribution in [0.2, 0.25) is 0 Å². The van der Waals surface area contributed by atoms with Crippen molar-refractivity contribution >= 4 is 5.82 Å². The first kappa shape index (κ1) is 21.5. The molecular formula is C22H32N4O3. The van der Waals surface area contributed by atoms with E-state index in [0.717, 1.165) is 55.4 Å². The third kappa shape index (κ3) is 5.88. The third-order valence-electron chi connectivity index (χ3n) is 5.19. The van der Waals surface area contributed by atoms with Crippen LogP contribution in [0.15, 0.2) is 30.3 Å². The van der Waals surface area contributed by atoms with E-state index in [0.29, 0.717) is 18.3 Å². The van der Waals surface area contributed by atoms with E-state index in [4.69, 9.17) is 19.4 Å². The Balaban J connectivity index is 1.81. The monoisotopic (exact) mass is 400 g/mol. The Kier molecular flexibility index (Phi) is 7.80. The number of nitrogens with zero attached hydrogens (tertiary/aromatic N) is 3. The van der Waals surface area contributed by atoms with Gasteiger partial charge >= 0.3 is 0 Å². The van der Waals surface area contributed by atoms with Crippen LogP contribution < -0.4 is 15.0 Å². The van der Waals surface area contributed by atoms with Crippen LogP contribution in [-0.2, 0) is 11.2 Å². The van der Waals surface area contributed by atoms with Gasteiger partial charge in [0.1, 0.15) is 30.1 Å². The molecule has 2 heterocycles. The van der Waals surface area contributed by atoms with Gasteiger partial charge in [0.25, 0.3) is 0 Å². The summed E-state index contributed by atoms with van der Waals surface area (Å²) in [5.41, 5.74) is 1.86. The number of aliphatic hydroxyl groups is 1. The summed E-state index contributed by atoms with van der Waals surface area (Å²) in [6.45, 7) is 4.40. The number of benzene rings is 1. The molecule has 2 aromatic rings. The van der Waals surface area contributed by atoms with Crippen LogP contribution in [0.1, 0.15) is 25.6 Å². The Hall–Kier alpha value is -2.22. The average Bonchev–Trinajstić information content (AvgIpc) is 2.78. The fraction of sp³-hybridized carbons (Fsp3) is 0.545. The van der Waals surface area contributed by atoms with Crippen LogP contribution >= 0.6 is 0 Å². The lowest BCUT2D eigenvalue weighted by molar-refractivity contribution is 0.0853. The molecule has 1 fully saturated rings. The van der Waals surface area contributed by atoms with Crippen molar-refractivity contribution in [3.8, 4) is 17.0 Å². The Morgan fingerprint density at radius 2 is 2.07 bits per heavy atom. The molecule has 0 bridgehead atoms. The Labute approximate surface area is 173 Å². The maximum Gasteiger partial charge on any atom is 0.132 e. The van der Waals surface area contributed by atoms with E-state index in [9.17, 15) is 5.11 Å². The zero-order valence-electron chi connectivity index (χ0n) is 17.6. The third-order valence-corrected chi connectivity index (χ3v) is 5.19. The zero-order valence-corrected chi connectivity index (χ0v) is 17.6. The number of nitrogens with one attached hydrogen (secondary N) is 1. The molecule has 2 N–H and O–H groups in total. The minimum Gasteiger partial charge on any atom is -0.491 e. The van der Waals surface area contributed by atoms with E-state index in [1.165, 1.54) is 0 Å². The van der Waals surface area contributed by atoms with Crippen molar-refractivity contribution in [1.82, 2.24) is 15.3 Å². The largest absolute Gasteiger partial charge is 0.491 e. The van der Waals surface area contributed by atoms with E-state index in [-0.39, 0.29) is 6.61 Å². The normalized spacial score (nSPS) is 15.9. The fourth-order valence-electron chi connectivity index (χ4n) is 3.46. The summed E-state index contributed by atoms with van der Waals surface area (Å²) in [4.78, 5) is 11.7. The average molecular weight is 401 g/mol. The second kappa shape index (κ2) is 10.5. The van der Waals surface area contributed by atoms with E-state index in [2.05, 4.69) is 24.2 Å². The summed E-state index contributed by atoms with van der Waals surface area (Å²) in [6, 6.07) is 10.3. The van der Waals surface area contributed by atoms with Crippen LogP contribution in [-0.4, -0.2) is 67.7 Å². The molecule has 0 radical (unpaired) electrons. The van der Waals surface area contributed by atoms with Gasteiger partial charge in [0.2, 0.25) is 0 Å². The quantitative estimate of drug-likeness (QED) is 0.668. The number of anilines is 1. The molecule has 1 saturated heterocycles. The summed E-state index contributed by atoms with van der Waals surface area (Å²) < 4.78 is 11.3. The van der Waals surface area contributed by atoms with Gasteiger partial charge in [-0.05, 0) is 32.0 Å². The molecule has 158 valence electrons. The van der Waals surface area contributed by atoms with Crippen LogP contribution in [0.5, 0.6) is 5.75 Å². The Morgan fingerprint density at radius 3 is 2.79 bits per heavy atom. The molecule has 1 unspecified atom stereocenters. The van der Waals surface area contributed by atoms with Gasteiger partial charge in [0.15, 0.2) is 0 Å². The molecule has 7 heteroatoms. The molecule has 0 aliphatic carbocycles. The Morgan fingerprint density at radius 1 is 1.28 bits per heavy atom. The highest BCUT2D eigenvalue weighted by Gasteiger charge is 2.21. The number of aromatic nitrogens is 2. The number of ether oxygens (including phenoxy) is 2.